The Kier molecular flexibility index (Phi) is 5.78. The van der Waals surface area contributed by atoms with Gasteiger partial charge in [-0.3, -0.25) is 4.79 Å². The third-order valence-electron chi connectivity index (χ3n) is 1.20. The van der Waals surface area contributed by atoms with Crippen LogP contribution in [0, 0.1) is 5.92 Å². The van der Waals surface area contributed by atoms with Gasteiger partial charge >= 0.3 is 5.97 Å². The summed E-state index contributed by atoms with van der Waals surface area (Å²) in [6, 6.07) is 0. The summed E-state index contributed by atoms with van der Waals surface area (Å²) in [4.78, 5) is 15.2. The van der Waals surface area contributed by atoms with Gasteiger partial charge in [-0.15, -0.1) is 0 Å². The number of rotatable bonds is 5. The molecule has 0 radical (unpaired) electrons. The van der Waals surface area contributed by atoms with E-state index >= 15 is 0 Å². The van der Waals surface area contributed by atoms with Gasteiger partial charge in [0.05, 0.1) is 19.1 Å². The highest BCUT2D eigenvalue weighted by atomic mass is 16.6. The summed E-state index contributed by atoms with van der Waals surface area (Å²) >= 11 is 0. The number of nitrogens with two attached hydrogens (primary N) is 1. The van der Waals surface area contributed by atoms with E-state index < -0.39 is 0 Å². The monoisotopic (exact) mass is 161 g/mol. The minimum atomic E-state index is -0.272. The third-order valence-corrected chi connectivity index (χ3v) is 1.20. The van der Waals surface area contributed by atoms with Crippen molar-refractivity contribution < 1.29 is 14.4 Å². The zero-order valence-electron chi connectivity index (χ0n) is 7.00. The van der Waals surface area contributed by atoms with Gasteiger partial charge in [0, 0.05) is 0 Å². The Bertz CT molecular complexity index is 116. The van der Waals surface area contributed by atoms with E-state index in [0.29, 0.717) is 6.61 Å². The fourth-order valence-corrected chi connectivity index (χ4v) is 0.557. The third kappa shape index (κ3) is 4.75. The van der Waals surface area contributed by atoms with Crippen molar-refractivity contribution >= 4 is 5.97 Å². The van der Waals surface area contributed by atoms with Gasteiger partial charge in [-0.25, -0.2) is 5.90 Å². The van der Waals surface area contributed by atoms with E-state index in [2.05, 4.69) is 4.84 Å². The molecule has 0 aromatic carbocycles. The molecule has 0 rings (SSSR count). The standard InChI is InChI=1S/C7H15NO3/c1-3-4-10-7(9)6(2)5-11-8/h6H,3-5,8H2,1-2H3. The van der Waals surface area contributed by atoms with Crippen LogP contribution in [0.5, 0.6) is 0 Å². The molecule has 0 heterocycles. The highest BCUT2D eigenvalue weighted by molar-refractivity contribution is 5.72. The molecule has 2 N–H and O–H groups in total. The van der Waals surface area contributed by atoms with Crippen LogP contribution in [0.2, 0.25) is 0 Å². The largest absolute Gasteiger partial charge is 0.465 e. The van der Waals surface area contributed by atoms with Gasteiger partial charge < -0.3 is 9.57 Å². The summed E-state index contributed by atoms with van der Waals surface area (Å²) in [5, 5.41) is 0. The molecule has 1 unspecified atom stereocenters. The molecule has 1 atom stereocenters. The SMILES string of the molecule is CCCOC(=O)C(C)CON. The Hall–Kier alpha value is -0.610. The minimum absolute atomic E-state index is 0.211. The highest BCUT2D eigenvalue weighted by Gasteiger charge is 2.13. The van der Waals surface area contributed by atoms with Crippen molar-refractivity contribution in [1.82, 2.24) is 0 Å². The summed E-state index contributed by atoms with van der Waals surface area (Å²) in [5.74, 6) is 4.26. The molecule has 0 aromatic rings. The molecule has 4 nitrogen and oxygen atoms in total. The van der Waals surface area contributed by atoms with Crippen molar-refractivity contribution in [1.29, 1.82) is 0 Å². The highest BCUT2D eigenvalue weighted by Crippen LogP contribution is 1.98. The van der Waals surface area contributed by atoms with Crippen LogP contribution < -0.4 is 5.90 Å². The molecule has 0 aliphatic carbocycles. The van der Waals surface area contributed by atoms with Crippen LogP contribution in [0.15, 0.2) is 0 Å². The molecule has 0 aromatic heterocycles. The van der Waals surface area contributed by atoms with E-state index in [1.807, 2.05) is 6.92 Å². The van der Waals surface area contributed by atoms with Gasteiger partial charge in [-0.1, -0.05) is 6.92 Å². The number of ether oxygens (including phenoxy) is 1. The maximum atomic E-state index is 10.9. The molecule has 0 saturated heterocycles. The topological polar surface area (TPSA) is 61.5 Å². The zero-order valence-corrected chi connectivity index (χ0v) is 7.00. The van der Waals surface area contributed by atoms with E-state index in [0.717, 1.165) is 6.42 Å². The predicted octanol–water partition coefficient (Wildman–Crippen LogP) is 0.466. The van der Waals surface area contributed by atoms with Gasteiger partial charge in [-0.05, 0) is 13.3 Å². The summed E-state index contributed by atoms with van der Waals surface area (Å²) in [7, 11) is 0. The van der Waals surface area contributed by atoms with E-state index in [4.69, 9.17) is 10.6 Å². The quantitative estimate of drug-likeness (QED) is 0.470. The van der Waals surface area contributed by atoms with Gasteiger partial charge in [0.1, 0.15) is 0 Å². The van der Waals surface area contributed by atoms with Gasteiger partial charge in [0.25, 0.3) is 0 Å². The van der Waals surface area contributed by atoms with Crippen molar-refractivity contribution in [3.8, 4) is 0 Å². The lowest BCUT2D eigenvalue weighted by atomic mass is 10.2. The number of hydrogen-bond donors (Lipinski definition) is 1. The predicted molar refractivity (Wildman–Crippen MR) is 40.6 cm³/mol. The normalized spacial score (nSPS) is 12.6. The average Bonchev–Trinajstić information content (AvgIpc) is 2.00. The van der Waals surface area contributed by atoms with Gasteiger partial charge in [-0.2, -0.15) is 0 Å². The molecular formula is C7H15NO3. The fraction of sp³-hybridized carbons (Fsp3) is 0.857. The van der Waals surface area contributed by atoms with E-state index in [9.17, 15) is 4.79 Å². The summed E-state index contributed by atoms with van der Waals surface area (Å²) in [6.45, 7) is 4.33. The molecule has 4 heteroatoms. The smallest absolute Gasteiger partial charge is 0.311 e. The number of carbonyl (C=O) groups is 1. The Morgan fingerprint density at radius 2 is 2.27 bits per heavy atom. The second kappa shape index (κ2) is 6.12. The van der Waals surface area contributed by atoms with E-state index in [-0.39, 0.29) is 18.5 Å². The first kappa shape index (κ1) is 10.4. The summed E-state index contributed by atoms with van der Waals surface area (Å²) in [6.07, 6.45) is 0.835. The average molecular weight is 161 g/mol. The van der Waals surface area contributed by atoms with Crippen LogP contribution in [-0.4, -0.2) is 19.2 Å². The molecule has 0 fully saturated rings. The molecule has 0 bridgehead atoms. The Balaban J connectivity index is 3.47. The van der Waals surface area contributed by atoms with Crippen LogP contribution in [0.1, 0.15) is 20.3 Å². The molecule has 0 spiro atoms. The van der Waals surface area contributed by atoms with Crippen LogP contribution in [0.3, 0.4) is 0 Å². The number of carbonyl (C=O) groups excluding carboxylic acids is 1. The first-order valence-corrected chi connectivity index (χ1v) is 3.70. The van der Waals surface area contributed by atoms with Crippen molar-refractivity contribution in [3.63, 3.8) is 0 Å². The lowest BCUT2D eigenvalue weighted by Gasteiger charge is -2.08. The van der Waals surface area contributed by atoms with Gasteiger partial charge in [0.2, 0.25) is 0 Å². The molecule has 0 saturated carbocycles. The maximum absolute atomic E-state index is 10.9. The second-order valence-corrected chi connectivity index (χ2v) is 2.40. The first-order chi connectivity index (χ1) is 5.22. The molecular weight excluding hydrogens is 146 g/mol. The fourth-order valence-electron chi connectivity index (χ4n) is 0.557. The zero-order chi connectivity index (χ0) is 8.69. The lowest BCUT2D eigenvalue weighted by molar-refractivity contribution is -0.150. The Morgan fingerprint density at radius 1 is 1.64 bits per heavy atom. The summed E-state index contributed by atoms with van der Waals surface area (Å²) < 4.78 is 4.83. The molecule has 0 aliphatic rings. The second-order valence-electron chi connectivity index (χ2n) is 2.40. The van der Waals surface area contributed by atoms with Crippen LogP contribution in [-0.2, 0) is 14.4 Å². The minimum Gasteiger partial charge on any atom is -0.465 e. The number of hydrogen-bond acceptors (Lipinski definition) is 4. The lowest BCUT2D eigenvalue weighted by Crippen LogP contribution is -2.21. The first-order valence-electron chi connectivity index (χ1n) is 3.70. The van der Waals surface area contributed by atoms with Crippen molar-refractivity contribution in [2.24, 2.45) is 11.8 Å². The molecule has 66 valence electrons. The summed E-state index contributed by atoms with van der Waals surface area (Å²) in [5.41, 5.74) is 0. The Labute approximate surface area is 66.6 Å². The van der Waals surface area contributed by atoms with Crippen molar-refractivity contribution in [2.75, 3.05) is 13.2 Å². The van der Waals surface area contributed by atoms with E-state index in [1.54, 1.807) is 6.92 Å². The van der Waals surface area contributed by atoms with Crippen LogP contribution in [0.4, 0.5) is 0 Å². The molecule has 0 aliphatic heterocycles. The van der Waals surface area contributed by atoms with Crippen LogP contribution >= 0.6 is 0 Å². The molecule has 0 amide bonds. The van der Waals surface area contributed by atoms with Crippen molar-refractivity contribution in [2.45, 2.75) is 20.3 Å². The Morgan fingerprint density at radius 3 is 2.73 bits per heavy atom. The van der Waals surface area contributed by atoms with Gasteiger partial charge in [0.15, 0.2) is 0 Å². The molecule has 11 heavy (non-hydrogen) atoms. The van der Waals surface area contributed by atoms with Crippen LogP contribution in [0.25, 0.3) is 0 Å². The van der Waals surface area contributed by atoms with E-state index in [1.165, 1.54) is 0 Å². The van der Waals surface area contributed by atoms with Crippen molar-refractivity contribution in [3.05, 3.63) is 0 Å². The maximum Gasteiger partial charge on any atom is 0.311 e. The number of esters is 1.